The van der Waals surface area contributed by atoms with Crippen LogP contribution >= 0.6 is 23.2 Å². The van der Waals surface area contributed by atoms with E-state index in [1.54, 1.807) is 0 Å². The van der Waals surface area contributed by atoms with Crippen LogP contribution in [0.5, 0.6) is 0 Å². The number of likely N-dealkylation sites (tertiary alicyclic amines) is 1. The lowest BCUT2D eigenvalue weighted by atomic mass is 9.80. The van der Waals surface area contributed by atoms with E-state index in [1.807, 2.05) is 0 Å². The van der Waals surface area contributed by atoms with Crippen LogP contribution in [0.3, 0.4) is 0 Å². The van der Waals surface area contributed by atoms with Gasteiger partial charge in [0.05, 0.1) is 0 Å². The smallest absolute Gasteiger partial charge is 0.276 e. The van der Waals surface area contributed by atoms with Crippen molar-refractivity contribution in [3.05, 3.63) is 28.0 Å². The minimum Gasteiger partial charge on any atom is -0.353 e. The van der Waals surface area contributed by atoms with Crippen molar-refractivity contribution in [3.8, 4) is 0 Å². The second-order valence-corrected chi connectivity index (χ2v) is 8.31. The molecule has 0 radical (unpaired) electrons. The Morgan fingerprint density at radius 2 is 1.74 bits per heavy atom. The van der Waals surface area contributed by atoms with E-state index in [0.717, 1.165) is 19.6 Å². The van der Waals surface area contributed by atoms with E-state index >= 15 is 0 Å². The number of nitrogens with one attached hydrogen (secondary N) is 1. The summed E-state index contributed by atoms with van der Waals surface area (Å²) in [5.74, 6) is -3.78. The number of carbonyl (C=O) groups excluding carboxylic acids is 1. The van der Waals surface area contributed by atoms with Crippen LogP contribution in [0.4, 0.5) is 8.78 Å². The van der Waals surface area contributed by atoms with E-state index in [-0.39, 0.29) is 27.8 Å². The number of hydrogen-bond donors (Lipinski definition) is 1. The van der Waals surface area contributed by atoms with Gasteiger partial charge in [0.2, 0.25) is 5.91 Å². The molecule has 1 saturated carbocycles. The number of aromatic nitrogens is 1. The third-order valence-corrected chi connectivity index (χ3v) is 5.99. The Hall–Kier alpha value is -0.980. The van der Waals surface area contributed by atoms with Gasteiger partial charge in [0.25, 0.3) is 5.92 Å². The summed E-state index contributed by atoms with van der Waals surface area (Å²) < 4.78 is 29.7. The predicted molar refractivity (Wildman–Crippen MR) is 102 cm³/mol. The molecule has 0 aromatic carbocycles. The van der Waals surface area contributed by atoms with Crippen LogP contribution in [0.1, 0.15) is 50.5 Å². The topological polar surface area (TPSA) is 45.2 Å². The zero-order chi connectivity index (χ0) is 19.4. The van der Waals surface area contributed by atoms with Crippen molar-refractivity contribution in [2.24, 2.45) is 5.92 Å². The van der Waals surface area contributed by atoms with E-state index in [9.17, 15) is 13.6 Å². The normalized spacial score (nSPS) is 24.1. The Morgan fingerprint density at radius 1 is 1.15 bits per heavy atom. The first kappa shape index (κ1) is 20.7. The number of alkyl halides is 2. The maximum Gasteiger partial charge on any atom is 0.276 e. The molecule has 0 spiro atoms. The van der Waals surface area contributed by atoms with Gasteiger partial charge >= 0.3 is 0 Å². The highest BCUT2D eigenvalue weighted by molar-refractivity contribution is 6.32. The Kier molecular flexibility index (Phi) is 6.93. The van der Waals surface area contributed by atoms with E-state index in [2.05, 4.69) is 15.2 Å². The fourth-order valence-electron chi connectivity index (χ4n) is 4.06. The molecule has 1 aliphatic carbocycles. The van der Waals surface area contributed by atoms with Crippen LogP contribution in [0.25, 0.3) is 0 Å². The van der Waals surface area contributed by atoms with Crippen LogP contribution in [-0.2, 0) is 10.7 Å². The van der Waals surface area contributed by atoms with Gasteiger partial charge in [-0.25, -0.2) is 13.8 Å². The first-order valence-electron chi connectivity index (χ1n) is 9.57. The highest BCUT2D eigenvalue weighted by Gasteiger charge is 2.43. The van der Waals surface area contributed by atoms with Crippen molar-refractivity contribution >= 4 is 29.1 Å². The van der Waals surface area contributed by atoms with E-state index in [4.69, 9.17) is 23.2 Å². The number of hydrogen-bond acceptors (Lipinski definition) is 3. The summed E-state index contributed by atoms with van der Waals surface area (Å²) in [6, 6.07) is 2.34. The van der Waals surface area contributed by atoms with Gasteiger partial charge in [-0.15, -0.1) is 0 Å². The minimum absolute atomic E-state index is 0.0183. The van der Waals surface area contributed by atoms with Crippen molar-refractivity contribution < 1.29 is 13.6 Å². The van der Waals surface area contributed by atoms with Gasteiger partial charge in [-0.05, 0) is 63.7 Å². The highest BCUT2D eigenvalue weighted by Crippen LogP contribution is 2.44. The standard InChI is InChI=1S/C19H25Cl2F2N3O/c20-16-11-14(12-17(21)25-16)19(22,23)13-3-5-15(6-4-13)24-18(27)7-10-26-8-1-2-9-26/h11-13,15H,1-10H2,(H,24,27). The zero-order valence-corrected chi connectivity index (χ0v) is 16.7. The van der Waals surface area contributed by atoms with Gasteiger partial charge in [0.1, 0.15) is 10.3 Å². The molecule has 1 aliphatic heterocycles. The van der Waals surface area contributed by atoms with E-state index in [0.29, 0.717) is 32.1 Å². The van der Waals surface area contributed by atoms with Gasteiger partial charge in [-0.2, -0.15) is 0 Å². The first-order valence-corrected chi connectivity index (χ1v) is 10.3. The molecule has 2 fully saturated rings. The Morgan fingerprint density at radius 3 is 2.33 bits per heavy atom. The molecule has 2 heterocycles. The van der Waals surface area contributed by atoms with Crippen molar-refractivity contribution in [2.45, 2.75) is 56.9 Å². The average Bonchev–Trinajstić information content (AvgIpc) is 3.13. The Labute approximate surface area is 168 Å². The lowest BCUT2D eigenvalue weighted by molar-refractivity contribution is -0.122. The highest BCUT2D eigenvalue weighted by atomic mass is 35.5. The number of rotatable bonds is 6. The van der Waals surface area contributed by atoms with Gasteiger partial charge in [0, 0.05) is 30.5 Å². The summed E-state index contributed by atoms with van der Waals surface area (Å²) in [5.41, 5.74) is -0.189. The van der Waals surface area contributed by atoms with Gasteiger partial charge in [-0.3, -0.25) is 4.79 Å². The molecule has 2 aliphatic rings. The molecular formula is C19H25Cl2F2N3O. The van der Waals surface area contributed by atoms with Crippen LogP contribution < -0.4 is 5.32 Å². The molecule has 0 bridgehead atoms. The fourth-order valence-corrected chi connectivity index (χ4v) is 4.52. The summed E-state index contributed by atoms with van der Waals surface area (Å²) in [7, 11) is 0. The van der Waals surface area contributed by atoms with E-state index < -0.39 is 11.8 Å². The lowest BCUT2D eigenvalue weighted by Gasteiger charge is -2.34. The van der Waals surface area contributed by atoms with Gasteiger partial charge < -0.3 is 10.2 Å². The Balaban J connectivity index is 1.48. The molecule has 1 N–H and O–H groups in total. The summed E-state index contributed by atoms with van der Waals surface area (Å²) in [5, 5.41) is 2.95. The molecule has 4 nitrogen and oxygen atoms in total. The van der Waals surface area contributed by atoms with Crippen molar-refractivity contribution in [3.63, 3.8) is 0 Å². The summed E-state index contributed by atoms with van der Waals surface area (Å²) in [6.07, 6.45) is 4.69. The number of amides is 1. The van der Waals surface area contributed by atoms with Crippen LogP contribution in [0, 0.1) is 5.92 Å². The molecule has 150 valence electrons. The lowest BCUT2D eigenvalue weighted by Crippen LogP contribution is -2.41. The third-order valence-electron chi connectivity index (χ3n) is 5.61. The van der Waals surface area contributed by atoms with Crippen LogP contribution in [-0.4, -0.2) is 41.5 Å². The second-order valence-electron chi connectivity index (χ2n) is 7.54. The minimum atomic E-state index is -3.01. The summed E-state index contributed by atoms with van der Waals surface area (Å²) in [4.78, 5) is 18.1. The molecule has 8 heteroatoms. The second kappa shape index (κ2) is 9.01. The predicted octanol–water partition coefficient (Wildman–Crippen LogP) is 4.64. The molecule has 0 unspecified atom stereocenters. The van der Waals surface area contributed by atoms with Gasteiger partial charge in [-0.1, -0.05) is 23.2 Å². The molecule has 0 atom stereocenters. The fraction of sp³-hybridized carbons (Fsp3) is 0.684. The number of nitrogens with zero attached hydrogens (tertiary/aromatic N) is 2. The molecule has 3 rings (SSSR count). The van der Waals surface area contributed by atoms with E-state index in [1.165, 1.54) is 25.0 Å². The van der Waals surface area contributed by atoms with Crippen molar-refractivity contribution in [2.75, 3.05) is 19.6 Å². The average molecular weight is 420 g/mol. The number of halogens is 4. The molecule has 27 heavy (non-hydrogen) atoms. The largest absolute Gasteiger partial charge is 0.353 e. The van der Waals surface area contributed by atoms with Crippen molar-refractivity contribution in [1.82, 2.24) is 15.2 Å². The van der Waals surface area contributed by atoms with Crippen LogP contribution in [0.15, 0.2) is 12.1 Å². The maximum atomic E-state index is 14.8. The summed E-state index contributed by atoms with van der Waals surface area (Å²) in [6.45, 7) is 2.91. The number of pyridine rings is 1. The molecule has 1 aromatic rings. The molecule has 1 amide bonds. The quantitative estimate of drug-likeness (QED) is 0.682. The summed E-state index contributed by atoms with van der Waals surface area (Å²) >= 11 is 11.5. The first-order chi connectivity index (χ1) is 12.8. The Bertz CT molecular complexity index is 640. The molecular weight excluding hydrogens is 395 g/mol. The SMILES string of the molecule is O=C(CCN1CCCC1)NC1CCC(C(F)(F)c2cc(Cl)nc(Cl)c2)CC1. The number of carbonyl (C=O) groups is 1. The van der Waals surface area contributed by atoms with Crippen LogP contribution in [0.2, 0.25) is 10.3 Å². The van der Waals surface area contributed by atoms with Gasteiger partial charge in [0.15, 0.2) is 0 Å². The molecule has 1 aromatic heterocycles. The molecule has 1 saturated heterocycles. The van der Waals surface area contributed by atoms with Crippen molar-refractivity contribution in [1.29, 1.82) is 0 Å². The maximum absolute atomic E-state index is 14.8. The monoisotopic (exact) mass is 419 g/mol. The zero-order valence-electron chi connectivity index (χ0n) is 15.2. The third kappa shape index (κ3) is 5.52.